The second kappa shape index (κ2) is 16.5. The molecule has 0 saturated carbocycles. The first-order valence-electron chi connectivity index (χ1n) is 15.0. The minimum atomic E-state index is -0.760. The quantitative estimate of drug-likeness (QED) is 0.202. The van der Waals surface area contributed by atoms with Crippen LogP contribution in [-0.2, 0) is 21.4 Å². The highest BCUT2D eigenvalue weighted by Gasteiger charge is 2.38. The van der Waals surface area contributed by atoms with Crippen LogP contribution in [0.15, 0.2) is 72.8 Å². The summed E-state index contributed by atoms with van der Waals surface area (Å²) in [5, 5.41) is 10.7. The molecule has 1 N–H and O–H groups in total. The van der Waals surface area contributed by atoms with Gasteiger partial charge in [-0.25, -0.2) is 0 Å². The van der Waals surface area contributed by atoms with Crippen molar-refractivity contribution in [3.05, 3.63) is 99.5 Å². The predicted molar refractivity (Wildman–Crippen MR) is 181 cm³/mol. The lowest BCUT2D eigenvalue weighted by atomic mass is 9.70. The van der Waals surface area contributed by atoms with Crippen molar-refractivity contribution in [1.82, 2.24) is 9.80 Å². The van der Waals surface area contributed by atoms with Gasteiger partial charge in [0.05, 0.1) is 29.0 Å². The number of amides is 1. The summed E-state index contributed by atoms with van der Waals surface area (Å²) < 4.78 is 5.80. The molecule has 44 heavy (non-hydrogen) atoms. The van der Waals surface area contributed by atoms with Crippen molar-refractivity contribution in [2.24, 2.45) is 0 Å². The molecule has 3 aromatic carbocycles. The monoisotopic (exact) mass is 660 g/mol. The number of benzene rings is 3. The molecule has 9 heteroatoms. The first-order valence-corrected chi connectivity index (χ1v) is 15.7. The fourth-order valence-corrected chi connectivity index (χ4v) is 6.37. The Hall–Kier alpha value is -2.77. The summed E-state index contributed by atoms with van der Waals surface area (Å²) in [6, 6.07) is 23.5. The van der Waals surface area contributed by atoms with E-state index in [4.69, 9.17) is 27.9 Å². The number of likely N-dealkylation sites (N-methyl/N-ethyl adjacent to an activating group) is 1. The van der Waals surface area contributed by atoms with Gasteiger partial charge in [-0.2, -0.15) is 0 Å². The Morgan fingerprint density at radius 1 is 0.977 bits per heavy atom. The number of rotatable bonds is 13. The molecule has 1 amide bonds. The van der Waals surface area contributed by atoms with Crippen LogP contribution in [0.2, 0.25) is 10.0 Å². The Balaban J connectivity index is 0.00000529. The van der Waals surface area contributed by atoms with E-state index in [9.17, 15) is 14.7 Å². The van der Waals surface area contributed by atoms with Gasteiger partial charge in [-0.15, -0.1) is 12.4 Å². The Morgan fingerprint density at radius 3 is 2.32 bits per heavy atom. The van der Waals surface area contributed by atoms with Crippen LogP contribution < -0.4 is 4.74 Å². The summed E-state index contributed by atoms with van der Waals surface area (Å²) in [5.41, 5.74) is 2.71. The summed E-state index contributed by atoms with van der Waals surface area (Å²) in [5.74, 6) is 0.0897. The number of halogens is 3. The minimum absolute atomic E-state index is 0. The number of nitrogens with zero attached hydrogens (tertiary/aromatic N) is 2. The van der Waals surface area contributed by atoms with Gasteiger partial charge in [0.15, 0.2) is 0 Å². The zero-order valence-corrected chi connectivity index (χ0v) is 28.0. The number of carboxylic acid groups (broad SMARTS) is 1. The molecule has 0 spiro atoms. The van der Waals surface area contributed by atoms with Crippen molar-refractivity contribution in [3.63, 3.8) is 0 Å². The molecule has 1 heterocycles. The molecule has 4 rings (SSSR count). The first kappa shape index (κ1) is 35.7. The van der Waals surface area contributed by atoms with Crippen molar-refractivity contribution in [2.45, 2.75) is 63.4 Å². The number of carbonyl (C=O) groups is 2. The van der Waals surface area contributed by atoms with Gasteiger partial charge in [-0.05, 0) is 93.7 Å². The van der Waals surface area contributed by atoms with Crippen LogP contribution in [0.4, 0.5) is 0 Å². The van der Waals surface area contributed by atoms with Crippen molar-refractivity contribution < 1.29 is 19.4 Å². The molecule has 1 aliphatic heterocycles. The van der Waals surface area contributed by atoms with Crippen LogP contribution in [0.1, 0.15) is 62.1 Å². The molecular weight excluding hydrogens is 619 g/mol. The first-order chi connectivity index (χ1) is 20.5. The highest BCUT2D eigenvalue weighted by molar-refractivity contribution is 6.42. The molecule has 0 aliphatic carbocycles. The van der Waals surface area contributed by atoms with Gasteiger partial charge >= 0.3 is 5.97 Å². The molecule has 0 aromatic heterocycles. The highest BCUT2D eigenvalue weighted by Crippen LogP contribution is 2.39. The zero-order valence-electron chi connectivity index (χ0n) is 25.7. The average Bonchev–Trinajstić information content (AvgIpc) is 2.97. The van der Waals surface area contributed by atoms with Gasteiger partial charge in [0, 0.05) is 24.9 Å². The normalized spacial score (nSPS) is 15.3. The van der Waals surface area contributed by atoms with Gasteiger partial charge < -0.3 is 19.6 Å². The zero-order chi connectivity index (χ0) is 31.0. The minimum Gasteiger partial charge on any atom is -0.491 e. The van der Waals surface area contributed by atoms with E-state index < -0.39 is 5.97 Å². The number of carboxylic acids is 1. The largest absolute Gasteiger partial charge is 0.491 e. The van der Waals surface area contributed by atoms with E-state index in [1.54, 1.807) is 4.90 Å². The Kier molecular flexibility index (Phi) is 13.4. The summed E-state index contributed by atoms with van der Waals surface area (Å²) >= 11 is 12.6. The number of piperidine rings is 1. The van der Waals surface area contributed by atoms with Gasteiger partial charge in [0.1, 0.15) is 5.75 Å². The molecule has 6 nitrogen and oxygen atoms in total. The molecular formula is C35H43Cl3N2O4. The third kappa shape index (κ3) is 9.87. The number of hydrogen-bond acceptors (Lipinski definition) is 4. The van der Waals surface area contributed by atoms with E-state index in [1.807, 2.05) is 81.6 Å². The van der Waals surface area contributed by atoms with Crippen LogP contribution in [-0.4, -0.2) is 66.1 Å². The fraction of sp³-hybridized carbons (Fsp3) is 0.429. The number of carbonyl (C=O) groups excluding carboxylic acids is 1. The van der Waals surface area contributed by atoms with E-state index in [0.29, 0.717) is 16.6 Å². The maximum Gasteiger partial charge on any atom is 0.304 e. The summed E-state index contributed by atoms with van der Waals surface area (Å²) in [6.07, 6.45) is 2.89. The third-order valence-electron chi connectivity index (χ3n) is 8.44. The Labute approximate surface area is 277 Å². The van der Waals surface area contributed by atoms with Gasteiger partial charge in [-0.3, -0.25) is 9.59 Å². The van der Waals surface area contributed by atoms with Crippen LogP contribution in [0, 0.1) is 0 Å². The second-order valence-electron chi connectivity index (χ2n) is 12.0. The molecule has 0 bridgehead atoms. The van der Waals surface area contributed by atoms with Crippen molar-refractivity contribution in [3.8, 4) is 5.75 Å². The molecule has 1 fully saturated rings. The van der Waals surface area contributed by atoms with Crippen molar-refractivity contribution in [1.29, 1.82) is 0 Å². The summed E-state index contributed by atoms with van der Waals surface area (Å²) in [7, 11) is 1.85. The van der Waals surface area contributed by atoms with Gasteiger partial charge in [0.2, 0.25) is 5.91 Å². The molecule has 1 atom stereocenters. The molecule has 3 aromatic rings. The summed E-state index contributed by atoms with van der Waals surface area (Å²) in [6.45, 7) is 6.97. The Bertz CT molecular complexity index is 1380. The SMILES string of the molecule is CC(C)Oc1cccc(CC(=O)N(C)CC(CCN2CCC(CC(=O)O)(c3ccccc3)CC2)c2ccc(Cl)c(Cl)c2)c1.Cl. The number of ether oxygens (including phenoxy) is 1. The number of aliphatic carboxylic acids is 1. The number of likely N-dealkylation sites (tertiary alicyclic amines) is 1. The smallest absolute Gasteiger partial charge is 0.304 e. The molecule has 1 unspecified atom stereocenters. The fourth-order valence-electron chi connectivity index (χ4n) is 6.06. The third-order valence-corrected chi connectivity index (χ3v) is 9.18. The predicted octanol–water partition coefficient (Wildman–Crippen LogP) is 7.89. The van der Waals surface area contributed by atoms with Crippen molar-refractivity contribution >= 4 is 47.5 Å². The average molecular weight is 662 g/mol. The van der Waals surface area contributed by atoms with E-state index in [1.165, 1.54) is 0 Å². The maximum atomic E-state index is 13.3. The lowest BCUT2D eigenvalue weighted by molar-refractivity contribution is -0.139. The van der Waals surface area contributed by atoms with Gasteiger partial charge in [-0.1, -0.05) is 71.7 Å². The van der Waals surface area contributed by atoms with Crippen molar-refractivity contribution in [2.75, 3.05) is 33.2 Å². The van der Waals surface area contributed by atoms with E-state index >= 15 is 0 Å². The van der Waals surface area contributed by atoms with E-state index in [2.05, 4.69) is 17.0 Å². The standard InChI is InChI=1S/C35H42Cl2N2O4.ClH/c1-25(2)43-30-11-7-8-26(20-30)21-33(40)38(3)24-28(27-12-13-31(36)32(37)22-27)14-17-39-18-15-35(16-19-39,23-34(41)42)29-9-5-4-6-10-29;/h4-13,20,22,25,28H,14-19,21,23-24H2,1-3H3,(H,41,42);1H. The van der Waals surface area contributed by atoms with Crippen LogP contribution >= 0.6 is 35.6 Å². The van der Waals surface area contributed by atoms with Gasteiger partial charge in [0.25, 0.3) is 0 Å². The lowest BCUT2D eigenvalue weighted by Gasteiger charge is -2.42. The maximum absolute atomic E-state index is 13.3. The molecule has 0 radical (unpaired) electrons. The van der Waals surface area contributed by atoms with E-state index in [0.717, 1.165) is 61.3 Å². The second-order valence-corrected chi connectivity index (χ2v) is 12.8. The number of hydrogen-bond donors (Lipinski definition) is 1. The van der Waals surface area contributed by atoms with Crippen LogP contribution in [0.25, 0.3) is 0 Å². The molecule has 1 aliphatic rings. The molecule has 1 saturated heterocycles. The highest BCUT2D eigenvalue weighted by atomic mass is 35.5. The Morgan fingerprint density at radius 2 is 1.68 bits per heavy atom. The summed E-state index contributed by atoms with van der Waals surface area (Å²) in [4.78, 5) is 29.3. The lowest BCUT2D eigenvalue weighted by Crippen LogP contribution is -2.44. The molecule has 238 valence electrons. The van der Waals surface area contributed by atoms with Crippen LogP contribution in [0.5, 0.6) is 5.75 Å². The topological polar surface area (TPSA) is 70.1 Å². The van der Waals surface area contributed by atoms with Crippen LogP contribution in [0.3, 0.4) is 0 Å². The van der Waals surface area contributed by atoms with E-state index in [-0.39, 0.29) is 48.6 Å².